The Bertz CT molecular complexity index is 404. The monoisotopic (exact) mass is 209 g/mol. The second-order valence-corrected chi connectivity index (χ2v) is 3.69. The van der Waals surface area contributed by atoms with Gasteiger partial charge in [0.25, 0.3) is 0 Å². The first kappa shape index (κ1) is 11.5. The van der Waals surface area contributed by atoms with Gasteiger partial charge in [0.15, 0.2) is 5.78 Å². The first-order chi connectivity index (χ1) is 6.93. The summed E-state index contributed by atoms with van der Waals surface area (Å²) in [5.41, 5.74) is 3.49. The third-order valence-electron chi connectivity index (χ3n) is 2.66. The van der Waals surface area contributed by atoms with Crippen LogP contribution in [-0.4, -0.2) is 21.8 Å². The van der Waals surface area contributed by atoms with Crippen molar-refractivity contribution in [3.63, 3.8) is 0 Å². The molecule has 0 aliphatic carbocycles. The third kappa shape index (κ3) is 2.46. The van der Waals surface area contributed by atoms with E-state index in [0.29, 0.717) is 5.69 Å². The molecule has 0 radical (unpaired) electrons. The molecule has 0 atom stereocenters. The second kappa shape index (κ2) is 4.29. The van der Waals surface area contributed by atoms with Crippen molar-refractivity contribution in [3.8, 4) is 0 Å². The maximum absolute atomic E-state index is 11.6. The average Bonchev–Trinajstić information content (AvgIpc) is 2.42. The number of nitrogens with one attached hydrogen (secondary N) is 1. The summed E-state index contributed by atoms with van der Waals surface area (Å²) in [6.45, 7) is 5.71. The van der Waals surface area contributed by atoms with E-state index in [1.165, 1.54) is 0 Å². The van der Waals surface area contributed by atoms with Crippen molar-refractivity contribution in [1.29, 1.82) is 0 Å². The molecule has 4 nitrogen and oxygen atoms in total. The average molecular weight is 209 g/mol. The molecule has 2 N–H and O–H groups in total. The van der Waals surface area contributed by atoms with E-state index >= 15 is 0 Å². The zero-order valence-electron chi connectivity index (χ0n) is 9.18. The number of carboxylic acids is 1. The SMILES string of the molecule is Cc1[nH]c(C(=O)CCC(=O)O)c(C)c1C. The zero-order chi connectivity index (χ0) is 11.6. The number of carbonyl (C=O) groups excluding carboxylic acids is 1. The number of ketones is 1. The van der Waals surface area contributed by atoms with Crippen LogP contribution in [0.4, 0.5) is 0 Å². The number of Topliss-reactive ketones (excluding diaryl/α,β-unsaturated/α-hetero) is 1. The van der Waals surface area contributed by atoms with E-state index in [4.69, 9.17) is 5.11 Å². The molecule has 0 aliphatic heterocycles. The first-order valence-electron chi connectivity index (χ1n) is 4.84. The predicted octanol–water partition coefficient (Wildman–Crippen LogP) is 1.99. The normalized spacial score (nSPS) is 10.3. The number of carboxylic acid groups (broad SMARTS) is 1. The molecule has 1 aromatic heterocycles. The van der Waals surface area contributed by atoms with Crippen LogP contribution in [-0.2, 0) is 4.79 Å². The summed E-state index contributed by atoms with van der Waals surface area (Å²) in [6.07, 6.45) is -0.0645. The van der Waals surface area contributed by atoms with Gasteiger partial charge >= 0.3 is 5.97 Å². The number of hydrogen-bond donors (Lipinski definition) is 2. The smallest absolute Gasteiger partial charge is 0.303 e. The van der Waals surface area contributed by atoms with Gasteiger partial charge in [0.2, 0.25) is 0 Å². The van der Waals surface area contributed by atoms with Crippen molar-refractivity contribution < 1.29 is 14.7 Å². The lowest BCUT2D eigenvalue weighted by Crippen LogP contribution is -2.05. The van der Waals surface area contributed by atoms with Gasteiger partial charge in [0.1, 0.15) is 0 Å². The Balaban J connectivity index is 2.83. The molecule has 4 heteroatoms. The molecule has 82 valence electrons. The Kier molecular flexibility index (Phi) is 3.29. The van der Waals surface area contributed by atoms with Crippen molar-refractivity contribution in [2.24, 2.45) is 0 Å². The van der Waals surface area contributed by atoms with Gasteiger partial charge in [-0.2, -0.15) is 0 Å². The molecule has 15 heavy (non-hydrogen) atoms. The van der Waals surface area contributed by atoms with Crippen LogP contribution >= 0.6 is 0 Å². The highest BCUT2D eigenvalue weighted by Crippen LogP contribution is 2.18. The van der Waals surface area contributed by atoms with E-state index in [9.17, 15) is 9.59 Å². The lowest BCUT2D eigenvalue weighted by molar-refractivity contribution is -0.136. The fourth-order valence-corrected chi connectivity index (χ4v) is 1.47. The van der Waals surface area contributed by atoms with Gasteiger partial charge in [-0.25, -0.2) is 0 Å². The lowest BCUT2D eigenvalue weighted by atomic mass is 10.1. The fraction of sp³-hybridized carbons (Fsp3) is 0.455. The summed E-state index contributed by atoms with van der Waals surface area (Å²) in [5, 5.41) is 8.48. The number of aryl methyl sites for hydroxylation is 1. The number of aromatic amines is 1. The largest absolute Gasteiger partial charge is 0.481 e. The molecule has 0 saturated carbocycles. The molecule has 1 heterocycles. The maximum atomic E-state index is 11.6. The van der Waals surface area contributed by atoms with Crippen LogP contribution in [0.3, 0.4) is 0 Å². The summed E-state index contributed by atoms with van der Waals surface area (Å²) in [5.74, 6) is -1.08. The Hall–Kier alpha value is -1.58. The standard InChI is InChI=1S/C11H15NO3/c1-6-7(2)11(12-8(6)3)9(13)4-5-10(14)15/h12H,4-5H2,1-3H3,(H,14,15). The van der Waals surface area contributed by atoms with E-state index < -0.39 is 5.97 Å². The minimum Gasteiger partial charge on any atom is -0.481 e. The second-order valence-electron chi connectivity index (χ2n) is 3.69. The van der Waals surface area contributed by atoms with Gasteiger partial charge in [-0.1, -0.05) is 0 Å². The van der Waals surface area contributed by atoms with Gasteiger partial charge < -0.3 is 10.1 Å². The summed E-state index contributed by atoms with van der Waals surface area (Å²) in [4.78, 5) is 25.0. The van der Waals surface area contributed by atoms with Gasteiger partial charge in [-0.15, -0.1) is 0 Å². The van der Waals surface area contributed by atoms with Gasteiger partial charge in [0, 0.05) is 12.1 Å². The molecule has 0 saturated heterocycles. The van der Waals surface area contributed by atoms with Crippen LogP contribution in [0, 0.1) is 20.8 Å². The number of carbonyl (C=O) groups is 2. The molecular weight excluding hydrogens is 194 g/mol. The summed E-state index contributed by atoms with van der Waals surface area (Å²) >= 11 is 0. The maximum Gasteiger partial charge on any atom is 0.303 e. The van der Waals surface area contributed by atoms with E-state index in [-0.39, 0.29) is 18.6 Å². The number of H-pyrrole nitrogens is 1. The third-order valence-corrected chi connectivity index (χ3v) is 2.66. The molecule has 1 aromatic rings. The van der Waals surface area contributed by atoms with Gasteiger partial charge in [-0.3, -0.25) is 9.59 Å². The topological polar surface area (TPSA) is 70.2 Å². The van der Waals surface area contributed by atoms with Crippen LogP contribution in [0.1, 0.15) is 40.2 Å². The van der Waals surface area contributed by atoms with Crippen LogP contribution in [0.25, 0.3) is 0 Å². The predicted molar refractivity (Wildman–Crippen MR) is 56.2 cm³/mol. The van der Waals surface area contributed by atoms with Gasteiger partial charge in [0.05, 0.1) is 12.1 Å². The van der Waals surface area contributed by atoms with Crippen molar-refractivity contribution in [1.82, 2.24) is 4.98 Å². The van der Waals surface area contributed by atoms with Crippen molar-refractivity contribution in [2.45, 2.75) is 33.6 Å². The molecular formula is C11H15NO3. The van der Waals surface area contributed by atoms with Crippen LogP contribution in [0.2, 0.25) is 0 Å². The number of aromatic nitrogens is 1. The molecule has 0 unspecified atom stereocenters. The molecule has 1 rings (SSSR count). The summed E-state index contributed by atoms with van der Waals surface area (Å²) in [6, 6.07) is 0. The number of aliphatic carboxylic acids is 1. The summed E-state index contributed by atoms with van der Waals surface area (Å²) in [7, 11) is 0. The van der Waals surface area contributed by atoms with E-state index in [1.807, 2.05) is 20.8 Å². The molecule has 0 aliphatic rings. The molecule has 0 amide bonds. The Labute approximate surface area is 88.3 Å². The Morgan fingerprint density at radius 2 is 1.73 bits per heavy atom. The van der Waals surface area contributed by atoms with Crippen molar-refractivity contribution in [2.75, 3.05) is 0 Å². The highest BCUT2D eigenvalue weighted by Gasteiger charge is 2.15. The van der Waals surface area contributed by atoms with Crippen LogP contribution in [0.5, 0.6) is 0 Å². The molecule has 0 aromatic carbocycles. The number of hydrogen-bond acceptors (Lipinski definition) is 2. The minimum absolute atomic E-state index is 0.0512. The Morgan fingerprint density at radius 1 is 1.13 bits per heavy atom. The van der Waals surface area contributed by atoms with Crippen molar-refractivity contribution in [3.05, 3.63) is 22.5 Å². The van der Waals surface area contributed by atoms with E-state index in [1.54, 1.807) is 0 Å². The highest BCUT2D eigenvalue weighted by molar-refractivity contribution is 5.97. The quantitative estimate of drug-likeness (QED) is 0.745. The first-order valence-corrected chi connectivity index (χ1v) is 4.84. The molecule has 0 spiro atoms. The fourth-order valence-electron chi connectivity index (χ4n) is 1.47. The van der Waals surface area contributed by atoms with E-state index in [0.717, 1.165) is 16.8 Å². The van der Waals surface area contributed by atoms with Gasteiger partial charge in [-0.05, 0) is 31.9 Å². The summed E-state index contributed by atoms with van der Waals surface area (Å²) < 4.78 is 0. The molecule has 0 fully saturated rings. The van der Waals surface area contributed by atoms with Crippen LogP contribution in [0.15, 0.2) is 0 Å². The zero-order valence-corrected chi connectivity index (χ0v) is 9.18. The minimum atomic E-state index is -0.944. The van der Waals surface area contributed by atoms with E-state index in [2.05, 4.69) is 4.98 Å². The Morgan fingerprint density at radius 3 is 2.13 bits per heavy atom. The molecule has 0 bridgehead atoms. The van der Waals surface area contributed by atoms with Crippen LogP contribution < -0.4 is 0 Å². The number of rotatable bonds is 4. The highest BCUT2D eigenvalue weighted by atomic mass is 16.4. The van der Waals surface area contributed by atoms with Crippen molar-refractivity contribution >= 4 is 11.8 Å². The lowest BCUT2D eigenvalue weighted by Gasteiger charge is -1.98.